The van der Waals surface area contributed by atoms with Gasteiger partial charge in [-0.3, -0.25) is 0 Å². The van der Waals surface area contributed by atoms with Gasteiger partial charge in [-0.05, 0) is 106 Å². The number of rotatable bonds is 8. The monoisotopic (exact) mass is 996 g/mol. The lowest BCUT2D eigenvalue weighted by Crippen LogP contribution is -2.74. The van der Waals surface area contributed by atoms with Gasteiger partial charge in [-0.1, -0.05) is 206 Å². The van der Waals surface area contributed by atoms with Crippen LogP contribution in [0.25, 0.3) is 110 Å². The number of nitrogens with zero attached hydrogens (tertiary/aromatic N) is 4. The zero-order chi connectivity index (χ0) is 50.6. The summed E-state index contributed by atoms with van der Waals surface area (Å²) < 4.78 is 9.88. The minimum Gasteiger partial charge on any atom is -0.309 e. The van der Waals surface area contributed by atoms with Crippen molar-refractivity contribution in [1.29, 1.82) is 0 Å². The Morgan fingerprint density at radius 2 is 0.455 bits per heavy atom. The van der Waals surface area contributed by atoms with Gasteiger partial charge in [-0.25, -0.2) is 0 Å². The van der Waals surface area contributed by atoms with Crippen molar-refractivity contribution in [2.45, 2.75) is 0 Å². The predicted molar refractivity (Wildman–Crippen MR) is 327 cm³/mol. The molecule has 12 aromatic carbocycles. The molecule has 0 saturated heterocycles. The molecule has 0 saturated carbocycles. The summed E-state index contributed by atoms with van der Waals surface area (Å²) in [5.74, 6) is 0. The molecule has 16 aromatic rings. The van der Waals surface area contributed by atoms with E-state index in [-0.39, 0.29) is 0 Å². The summed E-state index contributed by atoms with van der Waals surface area (Å²) in [4.78, 5) is 0. The van der Waals surface area contributed by atoms with Crippen molar-refractivity contribution in [3.63, 3.8) is 0 Å². The number of benzene rings is 12. The summed E-state index contributed by atoms with van der Waals surface area (Å²) in [6.45, 7) is 0. The molecular weight excluding hydrogens is 949 g/mol. The number of hydrogen-bond acceptors (Lipinski definition) is 0. The summed E-state index contributed by atoms with van der Waals surface area (Å²) in [7, 11) is -2.81. The number of aromatic nitrogens is 4. The smallest absolute Gasteiger partial charge is 0.179 e. The standard InChI is InChI=1S/C72H48N4Si/c1-4-22-53(23-5-1)77(54-24-6-2-7-25-54,55-26-8-3-9-27-55)56-28-20-21-49(45-56)73-69-38-19-14-33-61(69)64-46-50(41-44-70(64)73)76-71-47-51(74-65-34-15-10-29-57(65)58-30-11-16-35-66(58)74)39-42-62(71)63-43-40-52(48-72(63)76)75-67-36-17-12-31-59(67)60-32-13-18-37-68(60)75/h1-48H. The maximum atomic E-state index is 2.52. The molecule has 77 heavy (non-hydrogen) atoms. The molecule has 0 amide bonds. The van der Waals surface area contributed by atoms with Crippen molar-refractivity contribution in [2.24, 2.45) is 0 Å². The summed E-state index contributed by atoms with van der Waals surface area (Å²) in [5, 5.41) is 15.2. The lowest BCUT2D eigenvalue weighted by atomic mass is 10.1. The summed E-state index contributed by atoms with van der Waals surface area (Å²) >= 11 is 0. The fourth-order valence-electron chi connectivity index (χ4n) is 13.3. The molecule has 0 spiro atoms. The van der Waals surface area contributed by atoms with E-state index in [1.165, 1.54) is 91.4 Å². The van der Waals surface area contributed by atoms with E-state index >= 15 is 0 Å². The molecule has 360 valence electrons. The molecule has 0 aliphatic carbocycles. The third-order valence-electron chi connectivity index (χ3n) is 16.5. The molecule has 0 atom stereocenters. The minimum absolute atomic E-state index is 1.11. The Balaban J connectivity index is 0.949. The Kier molecular flexibility index (Phi) is 9.62. The van der Waals surface area contributed by atoms with E-state index in [0.29, 0.717) is 0 Å². The van der Waals surface area contributed by atoms with Crippen LogP contribution in [0.5, 0.6) is 0 Å². The summed E-state index contributed by atoms with van der Waals surface area (Å²) in [6.07, 6.45) is 0. The lowest BCUT2D eigenvalue weighted by Gasteiger charge is -2.34. The predicted octanol–water partition coefficient (Wildman–Crippen LogP) is 15.5. The zero-order valence-electron chi connectivity index (χ0n) is 42.0. The molecule has 4 nitrogen and oxygen atoms in total. The van der Waals surface area contributed by atoms with Crippen LogP contribution in [-0.2, 0) is 0 Å². The summed E-state index contributed by atoms with van der Waals surface area (Å²) in [6, 6.07) is 108. The first-order chi connectivity index (χ1) is 38.2. The van der Waals surface area contributed by atoms with Crippen LogP contribution in [0.4, 0.5) is 0 Å². The van der Waals surface area contributed by atoms with Crippen LogP contribution in [-0.4, -0.2) is 26.3 Å². The highest BCUT2D eigenvalue weighted by atomic mass is 28.3. The van der Waals surface area contributed by atoms with E-state index in [1.54, 1.807) is 0 Å². The molecule has 0 unspecified atom stereocenters. The van der Waals surface area contributed by atoms with Crippen molar-refractivity contribution < 1.29 is 0 Å². The molecule has 16 rings (SSSR count). The maximum absolute atomic E-state index is 2.81. The average molecular weight is 997 g/mol. The second-order valence-electron chi connectivity index (χ2n) is 20.4. The van der Waals surface area contributed by atoms with E-state index in [4.69, 9.17) is 0 Å². The van der Waals surface area contributed by atoms with Crippen LogP contribution in [0.15, 0.2) is 291 Å². The van der Waals surface area contributed by atoms with Gasteiger partial charge in [0.25, 0.3) is 0 Å². The normalized spacial score (nSPS) is 12.2. The first-order valence-electron chi connectivity index (χ1n) is 26.6. The molecule has 4 heterocycles. The van der Waals surface area contributed by atoms with Crippen LogP contribution in [0.2, 0.25) is 0 Å². The number of fused-ring (bicyclic) bond motifs is 12. The van der Waals surface area contributed by atoms with Crippen molar-refractivity contribution in [3.8, 4) is 22.7 Å². The highest BCUT2D eigenvalue weighted by Gasteiger charge is 2.41. The molecule has 0 aliphatic heterocycles. The average Bonchev–Trinajstić information content (AvgIpc) is 4.27. The molecule has 0 N–H and O–H groups in total. The van der Waals surface area contributed by atoms with E-state index in [0.717, 1.165) is 39.3 Å². The van der Waals surface area contributed by atoms with Crippen molar-refractivity contribution in [3.05, 3.63) is 291 Å². The quantitative estimate of drug-likeness (QED) is 0.107. The van der Waals surface area contributed by atoms with Crippen LogP contribution in [0.3, 0.4) is 0 Å². The Morgan fingerprint density at radius 1 is 0.169 bits per heavy atom. The number of hydrogen-bond donors (Lipinski definition) is 0. The zero-order valence-corrected chi connectivity index (χ0v) is 43.0. The second-order valence-corrected chi connectivity index (χ2v) is 24.2. The van der Waals surface area contributed by atoms with E-state index in [9.17, 15) is 0 Å². The fraction of sp³-hybridized carbons (Fsp3) is 0. The van der Waals surface area contributed by atoms with Gasteiger partial charge in [0, 0.05) is 65.8 Å². The molecule has 5 heteroatoms. The Morgan fingerprint density at radius 3 is 0.870 bits per heavy atom. The number of para-hydroxylation sites is 5. The fourth-order valence-corrected chi connectivity index (χ4v) is 18.1. The van der Waals surface area contributed by atoms with Gasteiger partial charge in [0.1, 0.15) is 0 Å². The third-order valence-corrected chi connectivity index (χ3v) is 21.3. The maximum Gasteiger partial charge on any atom is 0.179 e. The van der Waals surface area contributed by atoms with E-state index in [1.807, 2.05) is 0 Å². The van der Waals surface area contributed by atoms with Gasteiger partial charge < -0.3 is 18.3 Å². The minimum atomic E-state index is -2.81. The molecule has 0 radical (unpaired) electrons. The van der Waals surface area contributed by atoms with Gasteiger partial charge in [-0.15, -0.1) is 0 Å². The molecule has 0 bridgehead atoms. The van der Waals surface area contributed by atoms with Crippen molar-refractivity contribution in [2.75, 3.05) is 0 Å². The molecule has 0 fully saturated rings. The summed E-state index contributed by atoms with van der Waals surface area (Å²) in [5.41, 5.74) is 13.9. The first-order valence-corrected chi connectivity index (χ1v) is 28.6. The Bertz CT molecular complexity index is 4610. The third kappa shape index (κ3) is 6.38. The van der Waals surface area contributed by atoms with Crippen molar-refractivity contribution >= 4 is 116 Å². The van der Waals surface area contributed by atoms with E-state index in [2.05, 4.69) is 309 Å². The topological polar surface area (TPSA) is 19.7 Å². The van der Waals surface area contributed by atoms with Crippen LogP contribution in [0, 0.1) is 0 Å². The Labute approximate surface area is 445 Å². The largest absolute Gasteiger partial charge is 0.309 e. The van der Waals surface area contributed by atoms with E-state index < -0.39 is 8.07 Å². The highest BCUT2D eigenvalue weighted by molar-refractivity contribution is 7.19. The molecular formula is C72H48N4Si. The van der Waals surface area contributed by atoms with Crippen LogP contribution in [0.1, 0.15) is 0 Å². The SMILES string of the molecule is c1ccc([Si](c2ccccc2)(c2ccccc2)c2cccc(-n3c4ccccc4c4cc(-n5c6cc(-n7c8ccccc8c8ccccc87)ccc6c6ccc(-n7c8ccccc8c8ccccc87)cc65)ccc43)c2)cc1. The molecule has 0 aliphatic rings. The molecule has 4 aromatic heterocycles. The highest BCUT2D eigenvalue weighted by Crippen LogP contribution is 2.41. The van der Waals surface area contributed by atoms with Gasteiger partial charge in [0.15, 0.2) is 8.07 Å². The van der Waals surface area contributed by atoms with Crippen LogP contribution >= 0.6 is 0 Å². The Hall–Kier alpha value is -9.94. The lowest BCUT2D eigenvalue weighted by molar-refractivity contribution is 1.14. The second kappa shape index (κ2) is 17.0. The van der Waals surface area contributed by atoms with Crippen LogP contribution < -0.4 is 20.7 Å². The van der Waals surface area contributed by atoms with Gasteiger partial charge >= 0.3 is 0 Å². The first kappa shape index (κ1) is 43.5. The van der Waals surface area contributed by atoms with Gasteiger partial charge in [0.05, 0.1) is 44.1 Å². The van der Waals surface area contributed by atoms with Gasteiger partial charge in [0.2, 0.25) is 0 Å². The van der Waals surface area contributed by atoms with Crippen molar-refractivity contribution in [1.82, 2.24) is 18.3 Å². The van der Waals surface area contributed by atoms with Gasteiger partial charge in [-0.2, -0.15) is 0 Å².